The first-order valence-electron chi connectivity index (χ1n) is 6.14. The summed E-state index contributed by atoms with van der Waals surface area (Å²) in [7, 11) is 0. The SMILES string of the molecule is C=Cc1ccc(C)c(Cc2cc(C(F)(F)F)ccn2)c1. The average Bonchev–Trinajstić information content (AvgIpc) is 2.41. The predicted octanol–water partition coefficient (Wildman–Crippen LogP) is 4.64. The zero-order valence-electron chi connectivity index (χ0n) is 11.0. The number of hydrogen-bond acceptors (Lipinski definition) is 1. The Bertz CT molecular complexity index is 630. The van der Waals surface area contributed by atoms with Gasteiger partial charge in [0.05, 0.1) is 5.56 Å². The fourth-order valence-corrected chi connectivity index (χ4v) is 1.96. The van der Waals surface area contributed by atoms with E-state index in [1.807, 2.05) is 25.1 Å². The van der Waals surface area contributed by atoms with Crippen molar-refractivity contribution in [2.75, 3.05) is 0 Å². The Morgan fingerprint density at radius 1 is 1.20 bits per heavy atom. The third kappa shape index (κ3) is 3.26. The molecule has 0 N–H and O–H groups in total. The highest BCUT2D eigenvalue weighted by Crippen LogP contribution is 2.29. The van der Waals surface area contributed by atoms with Gasteiger partial charge in [0.1, 0.15) is 0 Å². The number of halogens is 3. The van der Waals surface area contributed by atoms with Gasteiger partial charge in [-0.05, 0) is 35.7 Å². The quantitative estimate of drug-likeness (QED) is 0.796. The molecule has 0 saturated carbocycles. The van der Waals surface area contributed by atoms with Gasteiger partial charge in [-0.3, -0.25) is 4.98 Å². The van der Waals surface area contributed by atoms with Crippen LogP contribution >= 0.6 is 0 Å². The first kappa shape index (κ1) is 14.3. The number of alkyl halides is 3. The van der Waals surface area contributed by atoms with Gasteiger partial charge in [0.25, 0.3) is 0 Å². The maximum atomic E-state index is 12.7. The van der Waals surface area contributed by atoms with Crippen LogP contribution < -0.4 is 0 Å². The van der Waals surface area contributed by atoms with E-state index in [1.165, 1.54) is 6.20 Å². The summed E-state index contributed by atoms with van der Waals surface area (Å²) in [6, 6.07) is 7.85. The Hall–Kier alpha value is -2.10. The van der Waals surface area contributed by atoms with Gasteiger partial charge in [-0.15, -0.1) is 0 Å². The molecule has 0 bridgehead atoms. The summed E-state index contributed by atoms with van der Waals surface area (Å²) >= 11 is 0. The number of aryl methyl sites for hydroxylation is 1. The highest BCUT2D eigenvalue weighted by Gasteiger charge is 2.30. The Morgan fingerprint density at radius 2 is 1.95 bits per heavy atom. The van der Waals surface area contributed by atoms with E-state index in [2.05, 4.69) is 11.6 Å². The Morgan fingerprint density at radius 3 is 2.60 bits per heavy atom. The zero-order chi connectivity index (χ0) is 14.8. The minimum Gasteiger partial charge on any atom is -0.261 e. The minimum absolute atomic E-state index is 0.372. The summed E-state index contributed by atoms with van der Waals surface area (Å²) in [6.07, 6.45) is -1.06. The van der Waals surface area contributed by atoms with Crippen molar-refractivity contribution >= 4 is 6.08 Å². The number of rotatable bonds is 3. The molecule has 0 saturated heterocycles. The van der Waals surface area contributed by atoms with Crippen molar-refractivity contribution < 1.29 is 13.2 Å². The molecular weight excluding hydrogens is 263 g/mol. The number of benzene rings is 1. The van der Waals surface area contributed by atoms with E-state index in [4.69, 9.17) is 0 Å². The largest absolute Gasteiger partial charge is 0.416 e. The summed E-state index contributed by atoms with van der Waals surface area (Å²) in [5, 5.41) is 0. The van der Waals surface area contributed by atoms with E-state index in [1.54, 1.807) is 6.08 Å². The molecule has 0 spiro atoms. The van der Waals surface area contributed by atoms with Crippen LogP contribution in [0.15, 0.2) is 43.1 Å². The maximum Gasteiger partial charge on any atom is 0.416 e. The summed E-state index contributed by atoms with van der Waals surface area (Å²) in [4.78, 5) is 4.02. The second-order valence-corrected chi connectivity index (χ2v) is 4.60. The average molecular weight is 277 g/mol. The molecule has 0 aliphatic carbocycles. The molecule has 1 aromatic heterocycles. The fourth-order valence-electron chi connectivity index (χ4n) is 1.96. The van der Waals surface area contributed by atoms with Crippen molar-refractivity contribution in [3.8, 4) is 0 Å². The van der Waals surface area contributed by atoms with Crippen LogP contribution in [-0.4, -0.2) is 4.98 Å². The molecule has 1 aromatic carbocycles. The second kappa shape index (κ2) is 5.49. The van der Waals surface area contributed by atoms with Crippen molar-refractivity contribution in [3.63, 3.8) is 0 Å². The van der Waals surface area contributed by atoms with E-state index in [-0.39, 0.29) is 0 Å². The van der Waals surface area contributed by atoms with E-state index in [9.17, 15) is 13.2 Å². The summed E-state index contributed by atoms with van der Waals surface area (Å²) in [5.74, 6) is 0. The van der Waals surface area contributed by atoms with Crippen LogP contribution in [0.1, 0.15) is 27.9 Å². The molecule has 0 aliphatic heterocycles. The number of hydrogen-bond donors (Lipinski definition) is 0. The Labute approximate surface area is 115 Å². The van der Waals surface area contributed by atoms with Crippen LogP contribution in [0.3, 0.4) is 0 Å². The molecule has 20 heavy (non-hydrogen) atoms. The van der Waals surface area contributed by atoms with Crippen LogP contribution in [0, 0.1) is 6.92 Å². The summed E-state index contributed by atoms with van der Waals surface area (Å²) in [6.45, 7) is 5.62. The van der Waals surface area contributed by atoms with Crippen molar-refractivity contribution in [1.29, 1.82) is 0 Å². The van der Waals surface area contributed by atoms with Crippen molar-refractivity contribution in [1.82, 2.24) is 4.98 Å². The van der Waals surface area contributed by atoms with E-state index in [0.29, 0.717) is 12.1 Å². The standard InChI is InChI=1S/C16H14F3N/c1-3-12-5-4-11(2)13(8-12)9-15-10-14(6-7-20-15)16(17,18)19/h3-8,10H,1,9H2,2H3. The third-order valence-corrected chi connectivity index (χ3v) is 3.12. The van der Waals surface area contributed by atoms with Crippen LogP contribution in [0.25, 0.3) is 6.08 Å². The molecule has 104 valence electrons. The normalized spacial score (nSPS) is 11.4. The van der Waals surface area contributed by atoms with Crippen molar-refractivity contribution in [2.24, 2.45) is 0 Å². The molecule has 0 fully saturated rings. The van der Waals surface area contributed by atoms with Crippen LogP contribution in [0.2, 0.25) is 0 Å². The molecule has 2 aromatic rings. The lowest BCUT2D eigenvalue weighted by atomic mass is 10.00. The second-order valence-electron chi connectivity index (χ2n) is 4.60. The molecule has 0 radical (unpaired) electrons. The summed E-state index contributed by atoms with van der Waals surface area (Å²) in [5.41, 5.74) is 2.66. The molecule has 0 aliphatic rings. The first-order chi connectivity index (χ1) is 9.40. The zero-order valence-corrected chi connectivity index (χ0v) is 11.0. The molecule has 1 heterocycles. The van der Waals surface area contributed by atoms with Gasteiger partial charge in [-0.2, -0.15) is 13.2 Å². The van der Waals surface area contributed by atoms with Gasteiger partial charge in [-0.25, -0.2) is 0 Å². The molecule has 0 atom stereocenters. The molecule has 2 rings (SSSR count). The van der Waals surface area contributed by atoms with Gasteiger partial charge < -0.3 is 0 Å². The van der Waals surface area contributed by atoms with Gasteiger partial charge in [0.2, 0.25) is 0 Å². The first-order valence-corrected chi connectivity index (χ1v) is 6.14. The van der Waals surface area contributed by atoms with Crippen molar-refractivity contribution in [3.05, 3.63) is 71.1 Å². The lowest BCUT2D eigenvalue weighted by molar-refractivity contribution is -0.137. The lowest BCUT2D eigenvalue weighted by Crippen LogP contribution is -2.06. The van der Waals surface area contributed by atoms with E-state index < -0.39 is 11.7 Å². The Balaban J connectivity index is 2.33. The molecule has 0 unspecified atom stereocenters. The van der Waals surface area contributed by atoms with Crippen LogP contribution in [-0.2, 0) is 12.6 Å². The number of nitrogens with zero attached hydrogens (tertiary/aromatic N) is 1. The van der Waals surface area contributed by atoms with Gasteiger partial charge >= 0.3 is 6.18 Å². The van der Waals surface area contributed by atoms with Crippen LogP contribution in [0.4, 0.5) is 13.2 Å². The number of pyridine rings is 1. The third-order valence-electron chi connectivity index (χ3n) is 3.12. The van der Waals surface area contributed by atoms with Crippen molar-refractivity contribution in [2.45, 2.75) is 19.5 Å². The minimum atomic E-state index is -4.34. The van der Waals surface area contributed by atoms with Gasteiger partial charge in [-0.1, -0.05) is 30.9 Å². The predicted molar refractivity (Wildman–Crippen MR) is 73.3 cm³/mol. The lowest BCUT2D eigenvalue weighted by Gasteiger charge is -2.10. The molecule has 1 nitrogen and oxygen atoms in total. The molecule has 0 amide bonds. The topological polar surface area (TPSA) is 12.9 Å². The fraction of sp³-hybridized carbons (Fsp3) is 0.188. The maximum absolute atomic E-state index is 12.7. The Kier molecular flexibility index (Phi) is 3.93. The highest BCUT2D eigenvalue weighted by molar-refractivity contribution is 5.50. The van der Waals surface area contributed by atoms with E-state index >= 15 is 0 Å². The highest BCUT2D eigenvalue weighted by atomic mass is 19.4. The van der Waals surface area contributed by atoms with E-state index in [0.717, 1.165) is 28.8 Å². The molecular formula is C16H14F3N. The summed E-state index contributed by atoms with van der Waals surface area (Å²) < 4.78 is 38.0. The molecule has 4 heteroatoms. The van der Waals surface area contributed by atoms with Gasteiger partial charge in [0, 0.05) is 18.3 Å². The monoisotopic (exact) mass is 277 g/mol. The smallest absolute Gasteiger partial charge is 0.261 e. The number of aromatic nitrogens is 1. The van der Waals surface area contributed by atoms with Gasteiger partial charge in [0.15, 0.2) is 0 Å². The van der Waals surface area contributed by atoms with Crippen LogP contribution in [0.5, 0.6) is 0 Å².